The summed E-state index contributed by atoms with van der Waals surface area (Å²) in [5.74, 6) is -1.34. The third-order valence-corrected chi connectivity index (χ3v) is 5.42. The molecule has 158 valence electrons. The lowest BCUT2D eigenvalue weighted by molar-refractivity contribution is -0.142. The molecular weight excluding hydrogens is 450 g/mol. The van der Waals surface area contributed by atoms with Gasteiger partial charge in [-0.25, -0.2) is 4.79 Å². The molecule has 7 nitrogen and oxygen atoms in total. The van der Waals surface area contributed by atoms with E-state index in [1.54, 1.807) is 19.2 Å². The Bertz CT molecular complexity index is 1020. The Hall–Kier alpha value is -2.89. The van der Waals surface area contributed by atoms with Crippen molar-refractivity contribution in [2.75, 3.05) is 25.6 Å². The molecule has 0 bridgehead atoms. The summed E-state index contributed by atoms with van der Waals surface area (Å²) in [4.78, 5) is 24.3. The van der Waals surface area contributed by atoms with E-state index < -0.39 is 18.5 Å². The lowest BCUT2D eigenvalue weighted by Crippen LogP contribution is -2.21. The van der Waals surface area contributed by atoms with Gasteiger partial charge in [0.05, 0.1) is 6.61 Å². The number of hydrogen-bond donors (Lipinski definition) is 1. The summed E-state index contributed by atoms with van der Waals surface area (Å²) >= 11 is 3.40. The van der Waals surface area contributed by atoms with Gasteiger partial charge in [-0.2, -0.15) is 5.26 Å². The fourth-order valence-electron chi connectivity index (χ4n) is 2.87. The molecule has 1 aromatic carbocycles. The molecule has 0 saturated heterocycles. The normalized spacial score (nSPS) is 11.1. The van der Waals surface area contributed by atoms with Crippen molar-refractivity contribution in [3.05, 3.63) is 56.8 Å². The number of nitrogens with zero attached hydrogens (tertiary/aromatic N) is 2. The molecule has 2 rings (SSSR count). The quantitative estimate of drug-likeness (QED) is 0.356. The molecule has 30 heavy (non-hydrogen) atoms. The van der Waals surface area contributed by atoms with Crippen molar-refractivity contribution in [1.29, 1.82) is 5.26 Å². The fourth-order valence-corrected chi connectivity index (χ4v) is 3.25. The van der Waals surface area contributed by atoms with Gasteiger partial charge in [0.15, 0.2) is 6.61 Å². The van der Waals surface area contributed by atoms with Crippen LogP contribution in [0.25, 0.3) is 6.08 Å². The van der Waals surface area contributed by atoms with Crippen LogP contribution in [0.1, 0.15) is 22.5 Å². The maximum atomic E-state index is 12.3. The number of amides is 1. The Labute approximate surface area is 184 Å². The van der Waals surface area contributed by atoms with Crippen LogP contribution in [0, 0.1) is 32.1 Å². The van der Waals surface area contributed by atoms with Crippen LogP contribution in [0.15, 0.2) is 34.3 Å². The average molecular weight is 474 g/mol. The van der Waals surface area contributed by atoms with Gasteiger partial charge in [-0.1, -0.05) is 22.0 Å². The van der Waals surface area contributed by atoms with E-state index in [0.29, 0.717) is 18.8 Å². The van der Waals surface area contributed by atoms with E-state index >= 15 is 0 Å². The van der Waals surface area contributed by atoms with E-state index in [2.05, 4.69) is 21.2 Å². The van der Waals surface area contributed by atoms with Gasteiger partial charge in [0, 0.05) is 35.2 Å². The summed E-state index contributed by atoms with van der Waals surface area (Å²) in [6, 6.07) is 9.10. The summed E-state index contributed by atoms with van der Waals surface area (Å²) in [5.41, 5.74) is 4.08. The van der Waals surface area contributed by atoms with E-state index in [1.165, 1.54) is 6.08 Å². The van der Waals surface area contributed by atoms with Gasteiger partial charge in [-0.3, -0.25) is 4.79 Å². The number of nitriles is 1. The Morgan fingerprint density at radius 2 is 2.00 bits per heavy atom. The molecule has 0 aliphatic heterocycles. The van der Waals surface area contributed by atoms with Gasteiger partial charge >= 0.3 is 5.97 Å². The predicted molar refractivity (Wildman–Crippen MR) is 118 cm³/mol. The minimum absolute atomic E-state index is 0.173. The monoisotopic (exact) mass is 473 g/mol. The Kier molecular flexibility index (Phi) is 8.39. The van der Waals surface area contributed by atoms with Crippen molar-refractivity contribution in [2.45, 2.75) is 27.3 Å². The standard InChI is InChI=1S/C22H24BrN3O4/c1-14-5-6-19(11-20(14)23)25-21(27)13-30-22(28)18(12-24)10-17-9-15(2)26(16(17)3)7-8-29-4/h5-6,9-11H,7-8,13H2,1-4H3,(H,25,27)/b18-10+. The number of anilines is 1. The molecule has 1 N–H and O–H groups in total. The topological polar surface area (TPSA) is 93.3 Å². The number of aryl methyl sites for hydroxylation is 2. The molecule has 0 aliphatic carbocycles. The van der Waals surface area contributed by atoms with Crippen molar-refractivity contribution in [2.24, 2.45) is 0 Å². The molecule has 0 unspecified atom stereocenters. The molecule has 2 aromatic rings. The Morgan fingerprint density at radius 3 is 2.63 bits per heavy atom. The molecule has 0 fully saturated rings. The Balaban J connectivity index is 2.03. The number of esters is 1. The molecule has 0 radical (unpaired) electrons. The van der Waals surface area contributed by atoms with Gasteiger partial charge in [0.1, 0.15) is 11.6 Å². The van der Waals surface area contributed by atoms with Crippen LogP contribution in [-0.4, -0.2) is 36.8 Å². The van der Waals surface area contributed by atoms with Crippen LogP contribution in [-0.2, 0) is 25.6 Å². The number of methoxy groups -OCH3 is 1. The van der Waals surface area contributed by atoms with E-state index in [0.717, 1.165) is 27.0 Å². The number of rotatable bonds is 8. The third kappa shape index (κ3) is 6.05. The van der Waals surface area contributed by atoms with Crippen LogP contribution >= 0.6 is 15.9 Å². The first-order valence-electron chi connectivity index (χ1n) is 9.27. The largest absolute Gasteiger partial charge is 0.451 e. The highest BCUT2D eigenvalue weighted by molar-refractivity contribution is 9.10. The smallest absolute Gasteiger partial charge is 0.349 e. The first-order chi connectivity index (χ1) is 14.3. The number of benzene rings is 1. The summed E-state index contributed by atoms with van der Waals surface area (Å²) in [6.07, 6.45) is 1.48. The lowest BCUT2D eigenvalue weighted by atomic mass is 10.1. The fraction of sp³-hybridized carbons (Fsp3) is 0.318. The molecule has 0 spiro atoms. The number of halogens is 1. The predicted octanol–water partition coefficient (Wildman–Crippen LogP) is 3.91. The maximum absolute atomic E-state index is 12.3. The van der Waals surface area contributed by atoms with Gasteiger partial charge in [0.25, 0.3) is 5.91 Å². The first-order valence-corrected chi connectivity index (χ1v) is 10.1. The molecule has 0 atom stereocenters. The SMILES string of the molecule is COCCn1c(C)cc(/C=C(\C#N)C(=O)OCC(=O)Nc2ccc(C)c(Br)c2)c1C. The number of hydrogen-bond acceptors (Lipinski definition) is 5. The summed E-state index contributed by atoms with van der Waals surface area (Å²) in [7, 11) is 1.63. The highest BCUT2D eigenvalue weighted by atomic mass is 79.9. The zero-order valence-corrected chi connectivity index (χ0v) is 19.0. The second-order valence-electron chi connectivity index (χ2n) is 6.73. The van der Waals surface area contributed by atoms with E-state index in [-0.39, 0.29) is 5.57 Å². The zero-order valence-electron chi connectivity index (χ0n) is 17.4. The van der Waals surface area contributed by atoms with E-state index in [1.807, 2.05) is 43.5 Å². The molecule has 8 heteroatoms. The molecule has 1 heterocycles. The van der Waals surface area contributed by atoms with Crippen LogP contribution in [0.4, 0.5) is 5.69 Å². The highest BCUT2D eigenvalue weighted by Gasteiger charge is 2.16. The third-order valence-electron chi connectivity index (χ3n) is 4.56. The first kappa shape index (κ1) is 23.4. The minimum atomic E-state index is -0.848. The van der Waals surface area contributed by atoms with E-state index in [9.17, 15) is 14.9 Å². The second-order valence-corrected chi connectivity index (χ2v) is 7.58. The highest BCUT2D eigenvalue weighted by Crippen LogP contribution is 2.21. The molecular formula is C22H24BrN3O4. The van der Waals surface area contributed by atoms with Gasteiger partial charge < -0.3 is 19.4 Å². The van der Waals surface area contributed by atoms with Gasteiger partial charge in [-0.15, -0.1) is 0 Å². The van der Waals surface area contributed by atoms with Crippen LogP contribution < -0.4 is 5.32 Å². The van der Waals surface area contributed by atoms with Gasteiger partial charge in [-0.05, 0) is 56.2 Å². The minimum Gasteiger partial charge on any atom is -0.451 e. The van der Waals surface area contributed by atoms with Crippen molar-refractivity contribution in [1.82, 2.24) is 4.57 Å². The molecule has 0 aliphatic rings. The van der Waals surface area contributed by atoms with Crippen LogP contribution in [0.2, 0.25) is 0 Å². The summed E-state index contributed by atoms with van der Waals surface area (Å²) in [5, 5.41) is 12.0. The number of aromatic nitrogens is 1. The average Bonchev–Trinajstić information content (AvgIpc) is 2.98. The van der Waals surface area contributed by atoms with Gasteiger partial charge in [0.2, 0.25) is 0 Å². The van der Waals surface area contributed by atoms with Crippen molar-refractivity contribution < 1.29 is 19.1 Å². The Morgan fingerprint density at radius 1 is 1.27 bits per heavy atom. The molecule has 0 saturated carbocycles. The summed E-state index contributed by atoms with van der Waals surface area (Å²) in [6.45, 7) is 6.52. The lowest BCUT2D eigenvalue weighted by Gasteiger charge is -2.08. The van der Waals surface area contributed by atoms with Crippen LogP contribution in [0.3, 0.4) is 0 Å². The molecule has 1 amide bonds. The van der Waals surface area contributed by atoms with E-state index in [4.69, 9.17) is 9.47 Å². The number of carbonyl (C=O) groups excluding carboxylic acids is 2. The zero-order chi connectivity index (χ0) is 22.3. The maximum Gasteiger partial charge on any atom is 0.349 e. The van der Waals surface area contributed by atoms with Crippen LogP contribution in [0.5, 0.6) is 0 Å². The number of ether oxygens (including phenoxy) is 2. The van der Waals surface area contributed by atoms with Crippen molar-refractivity contribution in [3.8, 4) is 6.07 Å². The number of carbonyl (C=O) groups is 2. The number of nitrogens with one attached hydrogen (secondary N) is 1. The second kappa shape index (κ2) is 10.8. The van der Waals surface area contributed by atoms with Crippen molar-refractivity contribution >= 4 is 39.6 Å². The molecule has 1 aromatic heterocycles. The summed E-state index contributed by atoms with van der Waals surface area (Å²) < 4.78 is 13.0. The van der Waals surface area contributed by atoms with Crippen molar-refractivity contribution in [3.63, 3.8) is 0 Å².